The Morgan fingerprint density at radius 1 is 1.26 bits per heavy atom. The number of ether oxygens (including phenoxy) is 1. The number of hydrogen-bond acceptors (Lipinski definition) is 4. The van der Waals surface area contributed by atoms with Crippen molar-refractivity contribution in [1.29, 1.82) is 0 Å². The van der Waals surface area contributed by atoms with Crippen LogP contribution in [0, 0.1) is 11.6 Å². The van der Waals surface area contributed by atoms with E-state index < -0.39 is 11.6 Å². The summed E-state index contributed by atoms with van der Waals surface area (Å²) in [5.41, 5.74) is 0.858. The first-order valence-electron chi connectivity index (χ1n) is 7.87. The molecule has 0 amide bonds. The maximum atomic E-state index is 13.1. The third-order valence-corrected chi connectivity index (χ3v) is 3.73. The van der Waals surface area contributed by atoms with E-state index in [9.17, 15) is 13.6 Å². The highest BCUT2D eigenvalue weighted by molar-refractivity contribution is 6.01. The molecule has 23 heavy (non-hydrogen) atoms. The van der Waals surface area contributed by atoms with Crippen LogP contribution in [-0.4, -0.2) is 24.4 Å². The highest BCUT2D eigenvalue weighted by Gasteiger charge is 2.15. The average molecular weight is 325 g/mol. The van der Waals surface area contributed by atoms with Crippen LogP contribution in [0.25, 0.3) is 0 Å². The standard InChI is InChI=1S/C9H7F2NO.C8H14O2/c10-6-1-2-7(8(11)5-6)9-3-4-13-12-9;1-7(9)10-8-5-3-2-4-6-8/h1-2,5H,3-4H2;8H,2-6H2,1H3. The first-order chi connectivity index (χ1) is 11.1. The zero-order chi connectivity index (χ0) is 16.7. The fraction of sp³-hybridized carbons (Fsp3) is 0.529. The summed E-state index contributed by atoms with van der Waals surface area (Å²) < 4.78 is 30.7. The average Bonchev–Trinajstić information content (AvgIpc) is 3.02. The van der Waals surface area contributed by atoms with Gasteiger partial charge < -0.3 is 9.57 Å². The number of halogens is 2. The van der Waals surface area contributed by atoms with Gasteiger partial charge in [-0.3, -0.25) is 4.79 Å². The molecule has 1 aliphatic carbocycles. The molecule has 1 fully saturated rings. The van der Waals surface area contributed by atoms with Crippen molar-refractivity contribution in [3.8, 4) is 0 Å². The van der Waals surface area contributed by atoms with Crippen LogP contribution in [0.5, 0.6) is 0 Å². The molecule has 1 aromatic carbocycles. The monoisotopic (exact) mass is 325 g/mol. The molecule has 6 heteroatoms. The molecule has 1 aromatic rings. The van der Waals surface area contributed by atoms with E-state index in [1.54, 1.807) is 0 Å². The van der Waals surface area contributed by atoms with E-state index in [1.165, 1.54) is 38.3 Å². The summed E-state index contributed by atoms with van der Waals surface area (Å²) in [7, 11) is 0. The molecule has 0 radical (unpaired) electrons. The van der Waals surface area contributed by atoms with E-state index >= 15 is 0 Å². The van der Waals surface area contributed by atoms with E-state index in [0.29, 0.717) is 24.3 Å². The summed E-state index contributed by atoms with van der Waals surface area (Å²) in [5, 5.41) is 3.65. The number of hydrogen-bond donors (Lipinski definition) is 0. The van der Waals surface area contributed by atoms with Crippen LogP contribution in [-0.2, 0) is 14.4 Å². The lowest BCUT2D eigenvalue weighted by Crippen LogP contribution is -2.18. The molecule has 1 saturated carbocycles. The van der Waals surface area contributed by atoms with Gasteiger partial charge in [0.1, 0.15) is 24.3 Å². The van der Waals surface area contributed by atoms with E-state index in [-0.39, 0.29) is 12.1 Å². The van der Waals surface area contributed by atoms with Gasteiger partial charge in [0.25, 0.3) is 0 Å². The molecule has 0 N–H and O–H groups in total. The number of benzene rings is 1. The van der Waals surface area contributed by atoms with Gasteiger partial charge >= 0.3 is 5.97 Å². The van der Waals surface area contributed by atoms with Crippen LogP contribution in [0.1, 0.15) is 51.0 Å². The Hall–Kier alpha value is -1.98. The van der Waals surface area contributed by atoms with Gasteiger partial charge in [-0.15, -0.1) is 0 Å². The van der Waals surface area contributed by atoms with E-state index in [0.717, 1.165) is 18.9 Å². The van der Waals surface area contributed by atoms with Crippen molar-refractivity contribution in [2.45, 2.75) is 51.6 Å². The van der Waals surface area contributed by atoms with E-state index in [2.05, 4.69) is 5.16 Å². The summed E-state index contributed by atoms with van der Waals surface area (Å²) in [6.45, 7) is 1.95. The predicted octanol–water partition coefficient (Wildman–Crippen LogP) is 3.97. The Morgan fingerprint density at radius 2 is 2.00 bits per heavy atom. The zero-order valence-electron chi connectivity index (χ0n) is 13.2. The molecule has 0 atom stereocenters. The van der Waals surface area contributed by atoms with E-state index in [1.807, 2.05) is 0 Å². The Bertz CT molecular complexity index is 569. The molecule has 2 aliphatic rings. The van der Waals surface area contributed by atoms with Crippen molar-refractivity contribution in [3.63, 3.8) is 0 Å². The number of nitrogens with zero attached hydrogens (tertiary/aromatic N) is 1. The van der Waals surface area contributed by atoms with Gasteiger partial charge in [0.05, 0.1) is 5.71 Å². The molecule has 0 aromatic heterocycles. The van der Waals surface area contributed by atoms with Gasteiger partial charge in [-0.2, -0.15) is 0 Å². The molecule has 0 unspecified atom stereocenters. The lowest BCUT2D eigenvalue weighted by Gasteiger charge is -2.20. The number of rotatable bonds is 2. The number of esters is 1. The van der Waals surface area contributed by atoms with Crippen LogP contribution in [0.4, 0.5) is 8.78 Å². The summed E-state index contributed by atoms with van der Waals surface area (Å²) in [4.78, 5) is 15.2. The lowest BCUT2D eigenvalue weighted by molar-refractivity contribution is -0.147. The van der Waals surface area contributed by atoms with Crippen LogP contribution < -0.4 is 0 Å². The molecule has 0 spiro atoms. The Balaban J connectivity index is 0.000000174. The topological polar surface area (TPSA) is 47.9 Å². The Labute approximate surface area is 134 Å². The van der Waals surface area contributed by atoms with Crippen LogP contribution >= 0.6 is 0 Å². The summed E-state index contributed by atoms with van der Waals surface area (Å²) in [6.07, 6.45) is 6.68. The quantitative estimate of drug-likeness (QED) is 0.773. The molecular formula is C17H21F2NO3. The van der Waals surface area contributed by atoms with Gasteiger partial charge in [0, 0.05) is 25.0 Å². The molecule has 4 nitrogen and oxygen atoms in total. The Morgan fingerprint density at radius 3 is 2.57 bits per heavy atom. The summed E-state index contributed by atoms with van der Waals surface area (Å²) in [6, 6.07) is 3.42. The summed E-state index contributed by atoms with van der Waals surface area (Å²) in [5.74, 6) is -1.31. The highest BCUT2D eigenvalue weighted by Crippen LogP contribution is 2.20. The van der Waals surface area contributed by atoms with Crippen molar-refractivity contribution in [2.24, 2.45) is 5.16 Å². The minimum atomic E-state index is -0.593. The van der Waals surface area contributed by atoms with Crippen LogP contribution in [0.15, 0.2) is 23.4 Å². The minimum Gasteiger partial charge on any atom is -0.463 e. The van der Waals surface area contributed by atoms with Gasteiger partial charge in [-0.25, -0.2) is 8.78 Å². The normalized spacial score (nSPS) is 17.6. The SMILES string of the molecule is CC(=O)OC1CCCCC1.Fc1ccc(C2=NOCC2)c(F)c1. The van der Waals surface area contributed by atoms with Gasteiger partial charge in [0.2, 0.25) is 0 Å². The zero-order valence-corrected chi connectivity index (χ0v) is 13.2. The second-order valence-corrected chi connectivity index (χ2v) is 5.61. The fourth-order valence-electron chi connectivity index (χ4n) is 2.64. The molecule has 1 aliphatic heterocycles. The number of carbonyl (C=O) groups excluding carboxylic acids is 1. The molecule has 3 rings (SSSR count). The number of carbonyl (C=O) groups is 1. The lowest BCUT2D eigenvalue weighted by atomic mass is 9.98. The highest BCUT2D eigenvalue weighted by atomic mass is 19.1. The Kier molecular flexibility index (Phi) is 6.50. The van der Waals surface area contributed by atoms with Gasteiger partial charge in [0.15, 0.2) is 0 Å². The van der Waals surface area contributed by atoms with Crippen molar-refractivity contribution in [3.05, 3.63) is 35.4 Å². The van der Waals surface area contributed by atoms with Crippen molar-refractivity contribution in [1.82, 2.24) is 0 Å². The van der Waals surface area contributed by atoms with Crippen LogP contribution in [0.3, 0.4) is 0 Å². The number of oxime groups is 1. The largest absolute Gasteiger partial charge is 0.463 e. The molecule has 1 heterocycles. The van der Waals surface area contributed by atoms with Crippen molar-refractivity contribution >= 4 is 11.7 Å². The van der Waals surface area contributed by atoms with E-state index in [4.69, 9.17) is 9.57 Å². The first kappa shape index (κ1) is 17.4. The molecular weight excluding hydrogens is 304 g/mol. The minimum absolute atomic E-state index is 0.132. The summed E-state index contributed by atoms with van der Waals surface area (Å²) >= 11 is 0. The second kappa shape index (κ2) is 8.60. The van der Waals surface area contributed by atoms with Crippen molar-refractivity contribution in [2.75, 3.05) is 6.61 Å². The van der Waals surface area contributed by atoms with Crippen LogP contribution in [0.2, 0.25) is 0 Å². The molecule has 126 valence electrons. The van der Waals surface area contributed by atoms with Gasteiger partial charge in [-0.05, 0) is 37.8 Å². The predicted molar refractivity (Wildman–Crippen MR) is 82.1 cm³/mol. The maximum absolute atomic E-state index is 13.1. The first-order valence-corrected chi connectivity index (χ1v) is 7.87. The maximum Gasteiger partial charge on any atom is 0.302 e. The third-order valence-electron chi connectivity index (χ3n) is 3.73. The molecule has 0 saturated heterocycles. The smallest absolute Gasteiger partial charge is 0.302 e. The third kappa shape index (κ3) is 5.62. The fourth-order valence-corrected chi connectivity index (χ4v) is 2.64. The molecule has 0 bridgehead atoms. The second-order valence-electron chi connectivity index (χ2n) is 5.61. The van der Waals surface area contributed by atoms with Gasteiger partial charge in [-0.1, -0.05) is 11.6 Å². The van der Waals surface area contributed by atoms with Crippen molar-refractivity contribution < 1.29 is 23.1 Å².